The molecular formula is C24H26N4O4S. The second-order valence-electron chi connectivity index (χ2n) is 8.00. The van der Waals surface area contributed by atoms with Gasteiger partial charge in [0.1, 0.15) is 17.8 Å². The van der Waals surface area contributed by atoms with E-state index in [1.54, 1.807) is 48.4 Å². The Kier molecular flexibility index (Phi) is 6.88. The molecule has 0 aromatic heterocycles. The fraction of sp³-hybridized carbons (Fsp3) is 0.333. The lowest BCUT2D eigenvalue weighted by Gasteiger charge is -2.30. The fourth-order valence-electron chi connectivity index (χ4n) is 4.21. The number of thiocarbonyl (C=S) groups is 1. The number of rotatable bonds is 6. The van der Waals surface area contributed by atoms with Crippen molar-refractivity contribution in [1.82, 2.24) is 10.2 Å². The van der Waals surface area contributed by atoms with Crippen molar-refractivity contribution in [3.8, 4) is 5.75 Å². The molecule has 2 unspecified atom stereocenters. The summed E-state index contributed by atoms with van der Waals surface area (Å²) in [5, 5.41) is 5.97. The van der Waals surface area contributed by atoms with E-state index < -0.39 is 12.1 Å². The van der Waals surface area contributed by atoms with Gasteiger partial charge in [0.2, 0.25) is 11.8 Å². The van der Waals surface area contributed by atoms with Crippen LogP contribution in [0.1, 0.15) is 25.7 Å². The number of amides is 3. The second kappa shape index (κ2) is 9.99. The van der Waals surface area contributed by atoms with Gasteiger partial charge in [-0.1, -0.05) is 18.2 Å². The molecule has 0 bridgehead atoms. The summed E-state index contributed by atoms with van der Waals surface area (Å²) in [5.41, 5.74) is 1.21. The Labute approximate surface area is 197 Å². The molecule has 0 aliphatic carbocycles. The number of methoxy groups -OCH3 is 1. The number of hydrogen-bond donors (Lipinski definition) is 2. The predicted octanol–water partition coefficient (Wildman–Crippen LogP) is 2.69. The second-order valence-corrected chi connectivity index (χ2v) is 8.36. The topological polar surface area (TPSA) is 91.0 Å². The molecule has 2 heterocycles. The summed E-state index contributed by atoms with van der Waals surface area (Å²) in [5.74, 6) is -0.144. The van der Waals surface area contributed by atoms with Gasteiger partial charge in [-0.2, -0.15) is 0 Å². The first-order valence-corrected chi connectivity index (χ1v) is 11.3. The molecule has 2 aromatic carbocycles. The number of hydrogen-bond acceptors (Lipinski definition) is 5. The molecule has 2 aliphatic heterocycles. The molecule has 4 rings (SSSR count). The Hall–Kier alpha value is -3.46. The quantitative estimate of drug-likeness (QED) is 0.637. The molecule has 2 aliphatic rings. The number of ether oxygens (including phenoxy) is 1. The van der Waals surface area contributed by atoms with Crippen molar-refractivity contribution >= 4 is 46.4 Å². The highest BCUT2D eigenvalue weighted by Gasteiger charge is 2.48. The van der Waals surface area contributed by atoms with Crippen molar-refractivity contribution in [2.24, 2.45) is 0 Å². The number of nitrogens with one attached hydrogen (secondary N) is 2. The monoisotopic (exact) mass is 466 g/mol. The van der Waals surface area contributed by atoms with Crippen molar-refractivity contribution < 1.29 is 19.1 Å². The molecule has 2 atom stereocenters. The number of carbonyl (C=O) groups excluding carboxylic acids is 3. The van der Waals surface area contributed by atoms with Gasteiger partial charge in [0.15, 0.2) is 5.11 Å². The predicted molar refractivity (Wildman–Crippen MR) is 129 cm³/mol. The number of anilines is 2. The van der Waals surface area contributed by atoms with Crippen molar-refractivity contribution in [2.45, 2.75) is 37.8 Å². The lowest BCUT2D eigenvalue weighted by atomic mass is 10.1. The minimum atomic E-state index is -0.871. The van der Waals surface area contributed by atoms with Gasteiger partial charge < -0.3 is 20.3 Å². The van der Waals surface area contributed by atoms with Crippen molar-refractivity contribution in [3.63, 3.8) is 0 Å². The largest absolute Gasteiger partial charge is 0.497 e. The molecule has 9 heteroatoms. The van der Waals surface area contributed by atoms with Gasteiger partial charge >= 0.3 is 0 Å². The molecule has 33 heavy (non-hydrogen) atoms. The Morgan fingerprint density at radius 3 is 2.55 bits per heavy atom. The molecule has 2 N–H and O–H groups in total. The van der Waals surface area contributed by atoms with E-state index in [4.69, 9.17) is 17.0 Å². The van der Waals surface area contributed by atoms with Gasteiger partial charge in [-0.15, -0.1) is 0 Å². The summed E-state index contributed by atoms with van der Waals surface area (Å²) < 4.78 is 5.14. The van der Waals surface area contributed by atoms with E-state index in [1.807, 2.05) is 18.2 Å². The summed E-state index contributed by atoms with van der Waals surface area (Å²) in [4.78, 5) is 42.3. The van der Waals surface area contributed by atoms with Crippen LogP contribution in [-0.4, -0.2) is 53.5 Å². The molecule has 2 saturated heterocycles. The minimum Gasteiger partial charge on any atom is -0.497 e. The normalized spacial score (nSPS) is 20.9. The average molecular weight is 467 g/mol. The molecule has 3 amide bonds. The minimum absolute atomic E-state index is 0.127. The summed E-state index contributed by atoms with van der Waals surface area (Å²) in [7, 11) is 1.57. The zero-order chi connectivity index (χ0) is 23.4. The highest BCUT2D eigenvalue weighted by atomic mass is 32.1. The fourth-order valence-corrected chi connectivity index (χ4v) is 4.66. The maximum atomic E-state index is 13.5. The third-order valence-electron chi connectivity index (χ3n) is 5.86. The van der Waals surface area contributed by atoms with Crippen LogP contribution in [0.25, 0.3) is 0 Å². The molecular weight excluding hydrogens is 440 g/mol. The van der Waals surface area contributed by atoms with Gasteiger partial charge in [-0.3, -0.25) is 19.3 Å². The number of nitrogens with zero attached hydrogens (tertiary/aromatic N) is 2. The van der Waals surface area contributed by atoms with Crippen molar-refractivity contribution in [1.29, 1.82) is 0 Å². The van der Waals surface area contributed by atoms with E-state index in [0.29, 0.717) is 30.1 Å². The Bertz CT molecular complexity index is 1040. The molecule has 2 fully saturated rings. The van der Waals surface area contributed by atoms with Gasteiger partial charge in [0.25, 0.3) is 5.91 Å². The van der Waals surface area contributed by atoms with Gasteiger partial charge in [0, 0.05) is 12.2 Å². The van der Waals surface area contributed by atoms with Gasteiger partial charge in [-0.25, -0.2) is 0 Å². The maximum absolute atomic E-state index is 13.5. The van der Waals surface area contributed by atoms with Crippen LogP contribution in [0.3, 0.4) is 0 Å². The summed E-state index contributed by atoms with van der Waals surface area (Å²) in [6, 6.07) is 14.5. The molecule has 0 spiro atoms. The first kappa shape index (κ1) is 22.7. The standard InChI is InChI=1S/C24H26N4O4S/c1-32-18-12-10-16(11-13-18)26-21(29)15-20-23(31)27(17-7-3-2-4-8-17)24(33)28(20)19-9-5-6-14-25-22(19)30/h2-4,7-8,10-13,19-20H,5-6,9,14-15H2,1H3,(H,25,30)(H,26,29). The van der Waals surface area contributed by atoms with Gasteiger partial charge in [-0.05, 0) is 67.9 Å². The molecule has 0 radical (unpaired) electrons. The molecule has 172 valence electrons. The Morgan fingerprint density at radius 1 is 1.12 bits per heavy atom. The molecule has 2 aromatic rings. The first-order chi connectivity index (χ1) is 16.0. The van der Waals surface area contributed by atoms with E-state index in [9.17, 15) is 14.4 Å². The number of benzene rings is 2. The van der Waals surface area contributed by atoms with Crippen LogP contribution in [0.15, 0.2) is 54.6 Å². The Morgan fingerprint density at radius 2 is 1.85 bits per heavy atom. The third kappa shape index (κ3) is 4.83. The maximum Gasteiger partial charge on any atom is 0.256 e. The summed E-state index contributed by atoms with van der Waals surface area (Å²) in [6.07, 6.45) is 2.13. The van der Waals surface area contributed by atoms with Crippen LogP contribution in [-0.2, 0) is 14.4 Å². The van der Waals surface area contributed by atoms with E-state index in [1.165, 1.54) is 4.90 Å². The third-order valence-corrected chi connectivity index (χ3v) is 6.26. The molecule has 8 nitrogen and oxygen atoms in total. The van der Waals surface area contributed by atoms with Crippen LogP contribution < -0.4 is 20.3 Å². The smallest absolute Gasteiger partial charge is 0.256 e. The van der Waals surface area contributed by atoms with Crippen LogP contribution >= 0.6 is 12.2 Å². The number of para-hydroxylation sites is 1. The van der Waals surface area contributed by atoms with Crippen LogP contribution in [0.2, 0.25) is 0 Å². The van der Waals surface area contributed by atoms with Crippen LogP contribution in [0, 0.1) is 0 Å². The van der Waals surface area contributed by atoms with Crippen molar-refractivity contribution in [3.05, 3.63) is 54.6 Å². The lowest BCUT2D eigenvalue weighted by molar-refractivity contribution is -0.129. The van der Waals surface area contributed by atoms with Crippen molar-refractivity contribution in [2.75, 3.05) is 23.9 Å². The first-order valence-electron chi connectivity index (χ1n) is 10.9. The van der Waals surface area contributed by atoms with E-state index in [0.717, 1.165) is 12.8 Å². The SMILES string of the molecule is COc1ccc(NC(=O)CC2C(=O)N(c3ccccc3)C(=S)N2C2CCCCNC2=O)cc1. The average Bonchev–Trinajstić information content (AvgIpc) is 2.94. The zero-order valence-corrected chi connectivity index (χ0v) is 19.1. The van der Waals surface area contributed by atoms with E-state index in [2.05, 4.69) is 10.6 Å². The Balaban J connectivity index is 1.60. The van der Waals surface area contributed by atoms with Gasteiger partial charge in [0.05, 0.1) is 19.2 Å². The summed E-state index contributed by atoms with van der Waals surface area (Å²) >= 11 is 5.69. The van der Waals surface area contributed by atoms with E-state index in [-0.39, 0.29) is 29.3 Å². The van der Waals surface area contributed by atoms with E-state index >= 15 is 0 Å². The highest BCUT2D eigenvalue weighted by molar-refractivity contribution is 7.80. The lowest BCUT2D eigenvalue weighted by Crippen LogP contribution is -2.51. The van der Waals surface area contributed by atoms with Crippen LogP contribution in [0.5, 0.6) is 5.75 Å². The molecule has 0 saturated carbocycles. The number of carbonyl (C=O) groups is 3. The highest BCUT2D eigenvalue weighted by Crippen LogP contribution is 2.31. The summed E-state index contributed by atoms with van der Waals surface area (Å²) in [6.45, 7) is 0.592. The van der Waals surface area contributed by atoms with Crippen LogP contribution in [0.4, 0.5) is 11.4 Å². The zero-order valence-electron chi connectivity index (χ0n) is 18.3.